The number of aromatic nitrogens is 2. The van der Waals surface area contributed by atoms with Crippen LogP contribution in [0, 0.1) is 6.92 Å². The molecule has 2 heterocycles. The average Bonchev–Trinajstić information content (AvgIpc) is 3.07. The number of likely N-dealkylation sites (tertiary alicyclic amines) is 1. The molecular weight excluding hydrogens is 373 g/mol. The highest BCUT2D eigenvalue weighted by Gasteiger charge is 2.30. The van der Waals surface area contributed by atoms with E-state index in [1.807, 2.05) is 0 Å². The Hall–Kier alpha value is -2.42. The lowest BCUT2D eigenvalue weighted by atomic mass is 10.0. The van der Waals surface area contributed by atoms with Crippen LogP contribution in [-0.4, -0.2) is 40.1 Å². The molecule has 1 aliphatic rings. The molecule has 1 amide bonds. The molecule has 2 aromatic rings. The molecule has 152 valence electrons. The Bertz CT molecular complexity index is 798. The van der Waals surface area contributed by atoms with E-state index >= 15 is 0 Å². The quantitative estimate of drug-likeness (QED) is 0.813. The molecule has 28 heavy (non-hydrogen) atoms. The van der Waals surface area contributed by atoms with Gasteiger partial charge in [0.2, 0.25) is 11.8 Å². The highest BCUT2D eigenvalue weighted by atomic mass is 19.4. The van der Waals surface area contributed by atoms with Crippen molar-refractivity contribution in [2.75, 3.05) is 13.1 Å². The predicted molar refractivity (Wildman–Crippen MR) is 95.2 cm³/mol. The van der Waals surface area contributed by atoms with Crippen molar-refractivity contribution in [3.8, 4) is 0 Å². The second-order valence-electron chi connectivity index (χ2n) is 7.05. The van der Waals surface area contributed by atoms with Gasteiger partial charge in [0.05, 0.1) is 5.56 Å². The van der Waals surface area contributed by atoms with Crippen molar-refractivity contribution in [1.82, 2.24) is 20.4 Å². The van der Waals surface area contributed by atoms with Crippen molar-refractivity contribution in [2.45, 2.75) is 51.4 Å². The van der Waals surface area contributed by atoms with Gasteiger partial charge in [-0.1, -0.05) is 23.4 Å². The number of nitrogens with zero attached hydrogens (tertiary/aromatic N) is 3. The number of halogens is 3. The van der Waals surface area contributed by atoms with Crippen molar-refractivity contribution in [3.05, 3.63) is 47.1 Å². The van der Waals surface area contributed by atoms with E-state index in [1.54, 1.807) is 13.0 Å². The first-order valence-corrected chi connectivity index (χ1v) is 9.26. The van der Waals surface area contributed by atoms with Gasteiger partial charge < -0.3 is 9.84 Å². The molecule has 1 saturated heterocycles. The molecule has 1 fully saturated rings. The van der Waals surface area contributed by atoms with Crippen LogP contribution in [0.2, 0.25) is 0 Å². The minimum Gasteiger partial charge on any atom is -0.353 e. The van der Waals surface area contributed by atoms with Crippen LogP contribution in [0.25, 0.3) is 0 Å². The first-order chi connectivity index (χ1) is 13.3. The van der Waals surface area contributed by atoms with Gasteiger partial charge in [0.15, 0.2) is 5.82 Å². The first-order valence-electron chi connectivity index (χ1n) is 9.26. The lowest BCUT2D eigenvalue weighted by Gasteiger charge is -2.32. The number of hydrogen-bond donors (Lipinski definition) is 1. The van der Waals surface area contributed by atoms with Crippen LogP contribution in [0.1, 0.15) is 42.1 Å². The monoisotopic (exact) mass is 396 g/mol. The van der Waals surface area contributed by atoms with Gasteiger partial charge in [0, 0.05) is 38.5 Å². The van der Waals surface area contributed by atoms with Crippen LogP contribution < -0.4 is 5.32 Å². The maximum absolute atomic E-state index is 12.8. The molecular formula is C19H23F3N4O2. The van der Waals surface area contributed by atoms with Crippen molar-refractivity contribution < 1.29 is 22.5 Å². The maximum Gasteiger partial charge on any atom is 0.416 e. The Balaban J connectivity index is 1.41. The number of amides is 1. The number of rotatable bonds is 6. The van der Waals surface area contributed by atoms with Gasteiger partial charge in [0.25, 0.3) is 0 Å². The average molecular weight is 396 g/mol. The first kappa shape index (κ1) is 20.3. The number of carbonyl (C=O) groups excluding carboxylic acids is 1. The van der Waals surface area contributed by atoms with E-state index in [2.05, 4.69) is 20.4 Å². The van der Waals surface area contributed by atoms with E-state index in [-0.39, 0.29) is 18.4 Å². The topological polar surface area (TPSA) is 71.3 Å². The molecule has 0 bridgehead atoms. The lowest BCUT2D eigenvalue weighted by Crippen LogP contribution is -2.44. The molecule has 9 heteroatoms. The van der Waals surface area contributed by atoms with E-state index in [9.17, 15) is 18.0 Å². The van der Waals surface area contributed by atoms with Gasteiger partial charge in [-0.3, -0.25) is 9.69 Å². The SMILES string of the molecule is Cc1noc(CCC(=O)NC2CCN(Cc3cccc(C(F)(F)F)c3)CC2)n1. The third-order valence-electron chi connectivity index (χ3n) is 4.75. The molecule has 1 aliphatic heterocycles. The summed E-state index contributed by atoms with van der Waals surface area (Å²) in [5.74, 6) is 0.930. The van der Waals surface area contributed by atoms with Gasteiger partial charge in [-0.2, -0.15) is 18.2 Å². The molecule has 0 atom stereocenters. The standard InChI is InChI=1S/C19H23F3N4O2/c1-13-23-18(28-25-13)6-5-17(27)24-16-7-9-26(10-8-16)12-14-3-2-4-15(11-14)19(20,21)22/h2-4,11,16H,5-10,12H2,1H3,(H,24,27). The fourth-order valence-corrected chi connectivity index (χ4v) is 3.30. The number of aryl methyl sites for hydroxylation is 2. The molecule has 1 N–H and O–H groups in total. The van der Waals surface area contributed by atoms with Crippen LogP contribution in [0.4, 0.5) is 13.2 Å². The number of carbonyl (C=O) groups is 1. The largest absolute Gasteiger partial charge is 0.416 e. The van der Waals surface area contributed by atoms with E-state index in [4.69, 9.17) is 4.52 Å². The van der Waals surface area contributed by atoms with Crippen molar-refractivity contribution in [1.29, 1.82) is 0 Å². The fraction of sp³-hybridized carbons (Fsp3) is 0.526. The van der Waals surface area contributed by atoms with Gasteiger partial charge in [-0.25, -0.2) is 0 Å². The molecule has 0 radical (unpaired) electrons. The Labute approximate surface area is 161 Å². The molecule has 1 aromatic heterocycles. The van der Waals surface area contributed by atoms with Crippen LogP contribution in [0.3, 0.4) is 0 Å². The van der Waals surface area contributed by atoms with E-state index < -0.39 is 11.7 Å². The minimum atomic E-state index is -4.33. The van der Waals surface area contributed by atoms with E-state index in [0.717, 1.165) is 32.0 Å². The van der Waals surface area contributed by atoms with E-state index in [0.29, 0.717) is 30.2 Å². The summed E-state index contributed by atoms with van der Waals surface area (Å²) in [5.41, 5.74) is 0.0238. The maximum atomic E-state index is 12.8. The van der Waals surface area contributed by atoms with E-state index in [1.165, 1.54) is 12.1 Å². The summed E-state index contributed by atoms with van der Waals surface area (Å²) in [5, 5.41) is 6.69. The number of benzene rings is 1. The van der Waals surface area contributed by atoms with Crippen molar-refractivity contribution >= 4 is 5.91 Å². The smallest absolute Gasteiger partial charge is 0.353 e. The number of hydrogen-bond acceptors (Lipinski definition) is 5. The molecule has 3 rings (SSSR count). The van der Waals surface area contributed by atoms with Crippen molar-refractivity contribution in [2.24, 2.45) is 0 Å². The van der Waals surface area contributed by atoms with Crippen LogP contribution in [0.15, 0.2) is 28.8 Å². The summed E-state index contributed by atoms with van der Waals surface area (Å²) in [4.78, 5) is 18.3. The van der Waals surface area contributed by atoms with Gasteiger partial charge in [0.1, 0.15) is 0 Å². The molecule has 0 unspecified atom stereocenters. The number of nitrogens with one attached hydrogen (secondary N) is 1. The molecule has 6 nitrogen and oxygen atoms in total. The van der Waals surface area contributed by atoms with Crippen LogP contribution >= 0.6 is 0 Å². The zero-order valence-electron chi connectivity index (χ0n) is 15.6. The summed E-state index contributed by atoms with van der Waals surface area (Å²) in [6.45, 7) is 3.65. The summed E-state index contributed by atoms with van der Waals surface area (Å²) < 4.78 is 43.5. The third kappa shape index (κ3) is 5.79. The zero-order chi connectivity index (χ0) is 20.1. The second-order valence-corrected chi connectivity index (χ2v) is 7.05. The Morgan fingerprint density at radius 1 is 1.32 bits per heavy atom. The van der Waals surface area contributed by atoms with Gasteiger partial charge in [-0.05, 0) is 31.4 Å². The predicted octanol–water partition coefficient (Wildman–Crippen LogP) is 3.11. The fourth-order valence-electron chi connectivity index (χ4n) is 3.30. The van der Waals surface area contributed by atoms with Gasteiger partial charge >= 0.3 is 6.18 Å². The lowest BCUT2D eigenvalue weighted by molar-refractivity contribution is -0.137. The van der Waals surface area contributed by atoms with Crippen molar-refractivity contribution in [3.63, 3.8) is 0 Å². The van der Waals surface area contributed by atoms with Crippen LogP contribution in [0.5, 0.6) is 0 Å². The Morgan fingerprint density at radius 3 is 2.71 bits per heavy atom. The number of piperidine rings is 1. The Kier molecular flexibility index (Phi) is 6.33. The summed E-state index contributed by atoms with van der Waals surface area (Å²) in [6.07, 6.45) is -2.10. The highest BCUT2D eigenvalue weighted by Crippen LogP contribution is 2.30. The zero-order valence-corrected chi connectivity index (χ0v) is 15.6. The highest BCUT2D eigenvalue weighted by molar-refractivity contribution is 5.76. The molecule has 0 aliphatic carbocycles. The summed E-state index contributed by atoms with van der Waals surface area (Å²) in [7, 11) is 0. The third-order valence-corrected chi connectivity index (χ3v) is 4.75. The summed E-state index contributed by atoms with van der Waals surface area (Å²) in [6, 6.07) is 5.52. The summed E-state index contributed by atoms with van der Waals surface area (Å²) >= 11 is 0. The van der Waals surface area contributed by atoms with Crippen LogP contribution in [-0.2, 0) is 23.9 Å². The molecule has 0 saturated carbocycles. The second kappa shape index (κ2) is 8.72. The normalized spacial score (nSPS) is 16.3. The molecule has 0 spiro atoms. The Morgan fingerprint density at radius 2 is 2.07 bits per heavy atom. The molecule has 1 aromatic carbocycles. The van der Waals surface area contributed by atoms with Gasteiger partial charge in [-0.15, -0.1) is 0 Å². The number of alkyl halides is 3. The minimum absolute atomic E-state index is 0.0628.